The molecule has 0 fully saturated rings. The third-order valence-corrected chi connectivity index (χ3v) is 1.65. The number of primary amides is 2. The van der Waals surface area contributed by atoms with Crippen molar-refractivity contribution in [3.05, 3.63) is 0 Å². The molecule has 0 saturated heterocycles. The van der Waals surface area contributed by atoms with Crippen LogP contribution in [-0.4, -0.2) is 36.3 Å². The molecule has 2 amide bonds. The van der Waals surface area contributed by atoms with Gasteiger partial charge in [0.1, 0.15) is 0 Å². The largest absolute Gasteiger partial charge is 0.369 e. The highest BCUT2D eigenvalue weighted by Gasteiger charge is 2.19. The van der Waals surface area contributed by atoms with Crippen molar-refractivity contribution >= 4 is 11.8 Å². The van der Waals surface area contributed by atoms with Gasteiger partial charge >= 0.3 is 0 Å². The molecule has 0 radical (unpaired) electrons. The third-order valence-electron chi connectivity index (χ3n) is 1.65. The molecule has 0 aliphatic heterocycles. The molecule has 0 heterocycles. The zero-order valence-electron chi connectivity index (χ0n) is 7.41. The molecule has 0 spiro atoms. The molecule has 0 rings (SSSR count). The molecule has 0 aromatic carbocycles. The molecule has 0 aliphatic rings. The summed E-state index contributed by atoms with van der Waals surface area (Å²) in [5.74, 6) is -0.890. The van der Waals surface area contributed by atoms with Gasteiger partial charge in [0.05, 0.1) is 12.6 Å². The second-order valence-electron chi connectivity index (χ2n) is 2.71. The number of carbonyl (C=O) groups is 2. The molecular formula is C7H15N3O2. The van der Waals surface area contributed by atoms with Crippen LogP contribution in [0.1, 0.15) is 13.3 Å². The van der Waals surface area contributed by atoms with Gasteiger partial charge in [-0.1, -0.05) is 6.92 Å². The predicted molar refractivity (Wildman–Crippen MR) is 45.1 cm³/mol. The van der Waals surface area contributed by atoms with E-state index >= 15 is 0 Å². The summed E-state index contributed by atoms with van der Waals surface area (Å²) in [5.41, 5.74) is 10.0. The van der Waals surface area contributed by atoms with Crippen molar-refractivity contribution < 1.29 is 9.59 Å². The molecule has 1 atom stereocenters. The van der Waals surface area contributed by atoms with E-state index in [4.69, 9.17) is 11.5 Å². The molecule has 0 aromatic rings. The molecule has 0 aliphatic carbocycles. The lowest BCUT2D eigenvalue weighted by Crippen LogP contribution is -2.45. The van der Waals surface area contributed by atoms with Gasteiger partial charge in [-0.3, -0.25) is 14.5 Å². The summed E-state index contributed by atoms with van der Waals surface area (Å²) >= 11 is 0. The maximum absolute atomic E-state index is 10.8. The summed E-state index contributed by atoms with van der Waals surface area (Å²) in [7, 11) is 1.64. The summed E-state index contributed by atoms with van der Waals surface area (Å²) in [6, 6.07) is -0.405. The monoisotopic (exact) mass is 173 g/mol. The van der Waals surface area contributed by atoms with E-state index in [0.717, 1.165) is 0 Å². The standard InChI is InChI=1S/C7H15N3O2/c1-3-5(7(9)12)10(2)4-6(8)11/h5H,3-4H2,1-2H3,(H2,8,11)(H2,9,12). The zero-order valence-corrected chi connectivity index (χ0v) is 7.41. The van der Waals surface area contributed by atoms with Gasteiger partial charge in [0.2, 0.25) is 11.8 Å². The number of nitrogens with zero attached hydrogens (tertiary/aromatic N) is 1. The van der Waals surface area contributed by atoms with Crippen molar-refractivity contribution in [1.29, 1.82) is 0 Å². The Balaban J connectivity index is 4.11. The van der Waals surface area contributed by atoms with E-state index in [0.29, 0.717) is 6.42 Å². The van der Waals surface area contributed by atoms with Crippen molar-refractivity contribution in [2.24, 2.45) is 11.5 Å². The van der Waals surface area contributed by atoms with E-state index in [1.54, 1.807) is 11.9 Å². The van der Waals surface area contributed by atoms with Crippen molar-refractivity contribution in [2.45, 2.75) is 19.4 Å². The van der Waals surface area contributed by atoms with Gasteiger partial charge in [-0.2, -0.15) is 0 Å². The molecule has 0 bridgehead atoms. The first-order valence-electron chi connectivity index (χ1n) is 3.76. The van der Waals surface area contributed by atoms with Crippen LogP contribution in [0, 0.1) is 0 Å². The zero-order chi connectivity index (χ0) is 9.72. The lowest BCUT2D eigenvalue weighted by Gasteiger charge is -2.22. The van der Waals surface area contributed by atoms with Crippen LogP contribution >= 0.6 is 0 Å². The van der Waals surface area contributed by atoms with Gasteiger partial charge in [0, 0.05) is 0 Å². The minimum Gasteiger partial charge on any atom is -0.369 e. The fourth-order valence-corrected chi connectivity index (χ4v) is 1.09. The van der Waals surface area contributed by atoms with Gasteiger partial charge in [0.25, 0.3) is 0 Å². The minimum atomic E-state index is -0.461. The first kappa shape index (κ1) is 10.9. The van der Waals surface area contributed by atoms with Crippen molar-refractivity contribution in [3.63, 3.8) is 0 Å². The Morgan fingerprint density at radius 3 is 2.17 bits per heavy atom. The van der Waals surface area contributed by atoms with Crippen LogP contribution < -0.4 is 11.5 Å². The molecular weight excluding hydrogens is 158 g/mol. The second kappa shape index (κ2) is 4.71. The van der Waals surface area contributed by atoms with E-state index in [1.165, 1.54) is 0 Å². The Labute approximate surface area is 71.7 Å². The van der Waals surface area contributed by atoms with Gasteiger partial charge in [-0.05, 0) is 13.5 Å². The summed E-state index contributed by atoms with van der Waals surface area (Å²) in [4.78, 5) is 22.8. The van der Waals surface area contributed by atoms with Gasteiger partial charge in [0.15, 0.2) is 0 Å². The maximum atomic E-state index is 10.8. The first-order valence-corrected chi connectivity index (χ1v) is 3.76. The second-order valence-corrected chi connectivity index (χ2v) is 2.71. The van der Waals surface area contributed by atoms with E-state index in [-0.39, 0.29) is 6.54 Å². The molecule has 5 heteroatoms. The number of nitrogens with two attached hydrogens (primary N) is 2. The number of rotatable bonds is 5. The van der Waals surface area contributed by atoms with Crippen LogP contribution in [0.4, 0.5) is 0 Å². The topological polar surface area (TPSA) is 89.4 Å². The Hall–Kier alpha value is -1.10. The number of likely N-dealkylation sites (N-methyl/N-ethyl adjacent to an activating group) is 1. The molecule has 1 unspecified atom stereocenters. The number of hydrogen-bond donors (Lipinski definition) is 2. The number of hydrogen-bond acceptors (Lipinski definition) is 3. The first-order chi connectivity index (χ1) is 5.49. The Kier molecular flexibility index (Phi) is 4.28. The molecule has 0 saturated carbocycles. The highest BCUT2D eigenvalue weighted by Crippen LogP contribution is 1.99. The van der Waals surface area contributed by atoms with E-state index in [9.17, 15) is 9.59 Å². The number of carbonyl (C=O) groups excluding carboxylic acids is 2. The highest BCUT2D eigenvalue weighted by molar-refractivity contribution is 5.81. The molecule has 0 aromatic heterocycles. The van der Waals surface area contributed by atoms with E-state index in [1.807, 2.05) is 6.92 Å². The van der Waals surface area contributed by atoms with E-state index < -0.39 is 17.9 Å². The van der Waals surface area contributed by atoms with Crippen LogP contribution in [0.15, 0.2) is 0 Å². The average molecular weight is 173 g/mol. The highest BCUT2D eigenvalue weighted by atomic mass is 16.2. The summed E-state index contributed by atoms with van der Waals surface area (Å²) < 4.78 is 0. The smallest absolute Gasteiger partial charge is 0.234 e. The van der Waals surface area contributed by atoms with Crippen LogP contribution in [-0.2, 0) is 9.59 Å². The Bertz CT molecular complexity index is 181. The summed E-state index contributed by atoms with van der Waals surface area (Å²) in [5, 5.41) is 0. The van der Waals surface area contributed by atoms with Crippen molar-refractivity contribution in [2.75, 3.05) is 13.6 Å². The van der Waals surface area contributed by atoms with Crippen molar-refractivity contribution in [1.82, 2.24) is 4.90 Å². The predicted octanol–water partition coefficient (Wildman–Crippen LogP) is -1.33. The summed E-state index contributed by atoms with van der Waals surface area (Å²) in [6.45, 7) is 1.88. The van der Waals surface area contributed by atoms with Crippen LogP contribution in [0.25, 0.3) is 0 Å². The minimum absolute atomic E-state index is 0.0570. The van der Waals surface area contributed by atoms with Crippen LogP contribution in [0.3, 0.4) is 0 Å². The van der Waals surface area contributed by atoms with Crippen LogP contribution in [0.2, 0.25) is 0 Å². The van der Waals surface area contributed by atoms with Gasteiger partial charge in [-0.25, -0.2) is 0 Å². The maximum Gasteiger partial charge on any atom is 0.234 e. The fourth-order valence-electron chi connectivity index (χ4n) is 1.09. The molecule has 4 N–H and O–H groups in total. The van der Waals surface area contributed by atoms with Gasteiger partial charge < -0.3 is 11.5 Å². The van der Waals surface area contributed by atoms with Crippen LogP contribution in [0.5, 0.6) is 0 Å². The number of amides is 2. The molecule has 70 valence electrons. The average Bonchev–Trinajstić information content (AvgIpc) is 1.85. The molecule has 12 heavy (non-hydrogen) atoms. The Morgan fingerprint density at radius 2 is 1.92 bits per heavy atom. The Morgan fingerprint density at radius 1 is 1.42 bits per heavy atom. The molecule has 5 nitrogen and oxygen atoms in total. The van der Waals surface area contributed by atoms with E-state index in [2.05, 4.69) is 0 Å². The quantitative estimate of drug-likeness (QED) is 0.539. The lowest BCUT2D eigenvalue weighted by molar-refractivity contribution is -0.124. The fraction of sp³-hybridized carbons (Fsp3) is 0.714. The van der Waals surface area contributed by atoms with Crippen molar-refractivity contribution in [3.8, 4) is 0 Å². The normalized spacial score (nSPS) is 12.9. The lowest BCUT2D eigenvalue weighted by atomic mass is 10.2. The SMILES string of the molecule is CCC(C(N)=O)N(C)CC(N)=O. The van der Waals surface area contributed by atoms with Gasteiger partial charge in [-0.15, -0.1) is 0 Å². The third kappa shape index (κ3) is 3.34. The summed E-state index contributed by atoms with van der Waals surface area (Å²) in [6.07, 6.45) is 0.582.